The average Bonchev–Trinajstić information content (AvgIpc) is 3.38. The van der Waals surface area contributed by atoms with Crippen LogP contribution in [0.5, 0.6) is 5.75 Å². The molecule has 1 aliphatic rings. The zero-order valence-electron chi connectivity index (χ0n) is 13.3. The summed E-state index contributed by atoms with van der Waals surface area (Å²) in [7, 11) is 0. The quantitative estimate of drug-likeness (QED) is 0.820. The minimum absolute atomic E-state index is 0.224. The summed E-state index contributed by atoms with van der Waals surface area (Å²) in [5, 5.41) is 0. The standard InChI is InChI=1S/C20H25NO/c1-2-18(21)12-16-10-11-20(22-14-15-8-9-15)19(13-16)17-6-4-3-5-7-17/h3-7,10-11,13,15,18H,2,8-9,12,14,21H2,1H3. The van der Waals surface area contributed by atoms with Gasteiger partial charge in [0, 0.05) is 11.6 Å². The van der Waals surface area contributed by atoms with E-state index < -0.39 is 0 Å². The van der Waals surface area contributed by atoms with Crippen molar-refractivity contribution in [3.05, 3.63) is 54.1 Å². The van der Waals surface area contributed by atoms with Crippen molar-refractivity contribution in [3.8, 4) is 16.9 Å². The molecule has 0 aromatic heterocycles. The first-order valence-electron chi connectivity index (χ1n) is 8.33. The summed E-state index contributed by atoms with van der Waals surface area (Å²) >= 11 is 0. The minimum atomic E-state index is 0.224. The lowest BCUT2D eigenvalue weighted by atomic mass is 9.98. The van der Waals surface area contributed by atoms with Gasteiger partial charge in [0.15, 0.2) is 0 Å². The lowest BCUT2D eigenvalue weighted by molar-refractivity contribution is 0.301. The Balaban J connectivity index is 1.87. The van der Waals surface area contributed by atoms with Crippen LogP contribution in [0.3, 0.4) is 0 Å². The molecule has 2 N–H and O–H groups in total. The minimum Gasteiger partial charge on any atom is -0.493 e. The third kappa shape index (κ3) is 3.89. The molecule has 2 aromatic rings. The highest BCUT2D eigenvalue weighted by Crippen LogP contribution is 2.34. The van der Waals surface area contributed by atoms with Gasteiger partial charge in [-0.05, 0) is 54.9 Å². The fourth-order valence-corrected chi connectivity index (χ4v) is 2.61. The maximum absolute atomic E-state index is 6.11. The normalized spacial score (nSPS) is 15.5. The van der Waals surface area contributed by atoms with E-state index in [0.717, 1.165) is 31.1 Å². The van der Waals surface area contributed by atoms with E-state index in [2.05, 4.69) is 49.4 Å². The smallest absolute Gasteiger partial charge is 0.127 e. The van der Waals surface area contributed by atoms with Crippen LogP contribution in [0.15, 0.2) is 48.5 Å². The molecule has 22 heavy (non-hydrogen) atoms. The SMILES string of the molecule is CCC(N)Cc1ccc(OCC2CC2)c(-c2ccccc2)c1. The Morgan fingerprint density at radius 3 is 2.59 bits per heavy atom. The molecule has 3 rings (SSSR count). The van der Waals surface area contributed by atoms with Crippen molar-refractivity contribution < 1.29 is 4.74 Å². The lowest BCUT2D eigenvalue weighted by Gasteiger charge is -2.15. The highest BCUT2D eigenvalue weighted by molar-refractivity contribution is 5.71. The summed E-state index contributed by atoms with van der Waals surface area (Å²) < 4.78 is 6.07. The van der Waals surface area contributed by atoms with Gasteiger partial charge in [-0.15, -0.1) is 0 Å². The molecule has 2 aromatic carbocycles. The fraction of sp³-hybridized carbons (Fsp3) is 0.400. The van der Waals surface area contributed by atoms with E-state index in [1.165, 1.54) is 29.5 Å². The zero-order valence-corrected chi connectivity index (χ0v) is 13.3. The van der Waals surface area contributed by atoms with Gasteiger partial charge in [-0.3, -0.25) is 0 Å². The lowest BCUT2D eigenvalue weighted by Crippen LogP contribution is -2.21. The van der Waals surface area contributed by atoms with E-state index in [1.807, 2.05) is 6.07 Å². The molecule has 0 aliphatic heterocycles. The molecule has 0 spiro atoms. The Morgan fingerprint density at radius 1 is 1.14 bits per heavy atom. The van der Waals surface area contributed by atoms with Gasteiger partial charge >= 0.3 is 0 Å². The van der Waals surface area contributed by atoms with E-state index in [0.29, 0.717) is 0 Å². The van der Waals surface area contributed by atoms with Gasteiger partial charge in [0.05, 0.1) is 6.61 Å². The highest BCUT2D eigenvalue weighted by Gasteiger charge is 2.22. The predicted molar refractivity (Wildman–Crippen MR) is 92.1 cm³/mol. The van der Waals surface area contributed by atoms with E-state index in [9.17, 15) is 0 Å². The van der Waals surface area contributed by atoms with Gasteiger partial charge in [0.25, 0.3) is 0 Å². The Bertz CT molecular complexity index is 604. The van der Waals surface area contributed by atoms with Crippen LogP contribution >= 0.6 is 0 Å². The monoisotopic (exact) mass is 295 g/mol. The number of rotatable bonds is 7. The maximum atomic E-state index is 6.11. The van der Waals surface area contributed by atoms with Crippen molar-refractivity contribution in [1.82, 2.24) is 0 Å². The summed E-state index contributed by atoms with van der Waals surface area (Å²) in [6, 6.07) is 17.2. The Hall–Kier alpha value is -1.80. The first kappa shape index (κ1) is 15.1. The zero-order chi connectivity index (χ0) is 15.4. The van der Waals surface area contributed by atoms with Gasteiger partial charge in [0.1, 0.15) is 5.75 Å². The molecule has 1 saturated carbocycles. The fourth-order valence-electron chi connectivity index (χ4n) is 2.61. The summed E-state index contributed by atoms with van der Waals surface area (Å²) in [5.74, 6) is 1.75. The van der Waals surface area contributed by atoms with Gasteiger partial charge in [-0.2, -0.15) is 0 Å². The van der Waals surface area contributed by atoms with Crippen LogP contribution < -0.4 is 10.5 Å². The van der Waals surface area contributed by atoms with Crippen molar-refractivity contribution in [1.29, 1.82) is 0 Å². The summed E-state index contributed by atoms with van der Waals surface area (Å²) in [4.78, 5) is 0. The first-order valence-corrected chi connectivity index (χ1v) is 8.33. The van der Waals surface area contributed by atoms with Crippen molar-refractivity contribution in [2.75, 3.05) is 6.61 Å². The van der Waals surface area contributed by atoms with Crippen LogP contribution in [-0.2, 0) is 6.42 Å². The van der Waals surface area contributed by atoms with E-state index in [1.54, 1.807) is 0 Å². The molecule has 1 unspecified atom stereocenters. The molecular weight excluding hydrogens is 270 g/mol. The van der Waals surface area contributed by atoms with E-state index in [-0.39, 0.29) is 6.04 Å². The molecule has 0 radical (unpaired) electrons. The Kier molecular flexibility index (Phi) is 4.79. The van der Waals surface area contributed by atoms with Gasteiger partial charge in [-0.1, -0.05) is 43.3 Å². The summed E-state index contributed by atoms with van der Waals surface area (Å²) in [6.45, 7) is 2.98. The Labute approximate surface area is 133 Å². The molecular formula is C20H25NO. The Morgan fingerprint density at radius 2 is 1.91 bits per heavy atom. The molecule has 1 fully saturated rings. The second-order valence-electron chi connectivity index (χ2n) is 6.32. The van der Waals surface area contributed by atoms with Crippen LogP contribution in [0.25, 0.3) is 11.1 Å². The molecule has 2 heteroatoms. The van der Waals surface area contributed by atoms with Crippen molar-refractivity contribution >= 4 is 0 Å². The van der Waals surface area contributed by atoms with Gasteiger partial charge in [-0.25, -0.2) is 0 Å². The third-order valence-corrected chi connectivity index (χ3v) is 4.32. The van der Waals surface area contributed by atoms with E-state index >= 15 is 0 Å². The molecule has 0 amide bonds. The summed E-state index contributed by atoms with van der Waals surface area (Å²) in [5.41, 5.74) is 9.78. The molecule has 0 bridgehead atoms. The van der Waals surface area contributed by atoms with E-state index in [4.69, 9.17) is 10.5 Å². The molecule has 0 heterocycles. The van der Waals surface area contributed by atoms with Crippen LogP contribution in [0.2, 0.25) is 0 Å². The second-order valence-corrected chi connectivity index (χ2v) is 6.32. The maximum Gasteiger partial charge on any atom is 0.127 e. The number of nitrogens with two attached hydrogens (primary N) is 1. The number of ether oxygens (including phenoxy) is 1. The van der Waals surface area contributed by atoms with Crippen molar-refractivity contribution in [2.24, 2.45) is 11.7 Å². The molecule has 2 nitrogen and oxygen atoms in total. The molecule has 1 atom stereocenters. The van der Waals surface area contributed by atoms with Gasteiger partial charge < -0.3 is 10.5 Å². The topological polar surface area (TPSA) is 35.2 Å². The largest absolute Gasteiger partial charge is 0.493 e. The predicted octanol–water partition coefficient (Wildman–Crippen LogP) is 4.42. The van der Waals surface area contributed by atoms with Crippen molar-refractivity contribution in [2.45, 2.75) is 38.6 Å². The van der Waals surface area contributed by atoms with Crippen LogP contribution in [-0.4, -0.2) is 12.6 Å². The highest BCUT2D eigenvalue weighted by atomic mass is 16.5. The molecule has 116 valence electrons. The number of hydrogen-bond acceptors (Lipinski definition) is 2. The molecule has 1 aliphatic carbocycles. The first-order chi connectivity index (χ1) is 10.8. The second kappa shape index (κ2) is 6.97. The molecule has 0 saturated heterocycles. The number of hydrogen-bond donors (Lipinski definition) is 1. The summed E-state index contributed by atoms with van der Waals surface area (Å²) in [6.07, 6.45) is 4.54. The number of benzene rings is 2. The average molecular weight is 295 g/mol. The van der Waals surface area contributed by atoms with Crippen molar-refractivity contribution in [3.63, 3.8) is 0 Å². The van der Waals surface area contributed by atoms with Crippen LogP contribution in [0.4, 0.5) is 0 Å². The van der Waals surface area contributed by atoms with Crippen LogP contribution in [0, 0.1) is 5.92 Å². The third-order valence-electron chi connectivity index (χ3n) is 4.32. The van der Waals surface area contributed by atoms with Gasteiger partial charge in [0.2, 0.25) is 0 Å². The van der Waals surface area contributed by atoms with Crippen LogP contribution in [0.1, 0.15) is 31.7 Å².